The normalized spacial score (nSPS) is 17.0. The van der Waals surface area contributed by atoms with Gasteiger partial charge in [0.2, 0.25) is 0 Å². The molecule has 0 saturated heterocycles. The van der Waals surface area contributed by atoms with Crippen molar-refractivity contribution in [1.29, 1.82) is 0 Å². The van der Waals surface area contributed by atoms with E-state index in [2.05, 4.69) is 5.32 Å². The van der Waals surface area contributed by atoms with Gasteiger partial charge in [-0.05, 0) is 19.9 Å². The average molecular weight is 227 g/mol. The van der Waals surface area contributed by atoms with Gasteiger partial charge in [-0.3, -0.25) is 0 Å². The summed E-state index contributed by atoms with van der Waals surface area (Å²) < 4.78 is 9.96. The summed E-state index contributed by atoms with van der Waals surface area (Å²) in [5.41, 5.74) is 0.344. The first-order chi connectivity index (χ1) is 7.55. The molecule has 1 heterocycles. The molecular weight excluding hydrogens is 206 g/mol. The molecule has 0 aromatic carbocycles. The van der Waals surface area contributed by atoms with Crippen LogP contribution in [0.3, 0.4) is 0 Å². The SMILES string of the molecule is COCCC(C)(O)CNC(C)c1ccoc1. The zero-order valence-electron chi connectivity index (χ0n) is 10.2. The van der Waals surface area contributed by atoms with Crippen LogP contribution in [0.2, 0.25) is 0 Å². The Hall–Kier alpha value is -0.840. The summed E-state index contributed by atoms with van der Waals surface area (Å²) in [6.45, 7) is 4.94. The number of ether oxygens (including phenoxy) is 1. The van der Waals surface area contributed by atoms with E-state index >= 15 is 0 Å². The highest BCUT2D eigenvalue weighted by molar-refractivity contribution is 5.10. The lowest BCUT2D eigenvalue weighted by atomic mass is 10.0. The van der Waals surface area contributed by atoms with Crippen LogP contribution >= 0.6 is 0 Å². The molecule has 1 rings (SSSR count). The van der Waals surface area contributed by atoms with Crippen LogP contribution in [0.25, 0.3) is 0 Å². The first-order valence-corrected chi connectivity index (χ1v) is 5.52. The Labute approximate surface area is 96.6 Å². The molecule has 0 aliphatic carbocycles. The number of nitrogens with one attached hydrogen (secondary N) is 1. The van der Waals surface area contributed by atoms with E-state index in [1.54, 1.807) is 26.6 Å². The minimum Gasteiger partial charge on any atom is -0.472 e. The van der Waals surface area contributed by atoms with Gasteiger partial charge in [0.05, 0.1) is 18.1 Å². The molecule has 2 unspecified atom stereocenters. The summed E-state index contributed by atoms with van der Waals surface area (Å²) in [6, 6.07) is 2.09. The molecular formula is C12H21NO3. The summed E-state index contributed by atoms with van der Waals surface area (Å²) in [5, 5.41) is 13.3. The molecule has 0 radical (unpaired) electrons. The number of furan rings is 1. The van der Waals surface area contributed by atoms with Crippen molar-refractivity contribution in [2.75, 3.05) is 20.3 Å². The zero-order chi connectivity index (χ0) is 12.0. The van der Waals surface area contributed by atoms with Crippen molar-refractivity contribution in [3.05, 3.63) is 24.2 Å². The molecule has 0 amide bonds. The van der Waals surface area contributed by atoms with Crippen molar-refractivity contribution in [3.8, 4) is 0 Å². The number of hydrogen-bond acceptors (Lipinski definition) is 4. The largest absolute Gasteiger partial charge is 0.472 e. The van der Waals surface area contributed by atoms with Crippen LogP contribution in [0.5, 0.6) is 0 Å². The maximum absolute atomic E-state index is 10.0. The fraction of sp³-hybridized carbons (Fsp3) is 0.667. The maximum Gasteiger partial charge on any atom is 0.0950 e. The van der Waals surface area contributed by atoms with Crippen LogP contribution < -0.4 is 5.32 Å². The van der Waals surface area contributed by atoms with E-state index in [-0.39, 0.29) is 6.04 Å². The van der Waals surface area contributed by atoms with Gasteiger partial charge < -0.3 is 19.6 Å². The molecule has 4 nitrogen and oxygen atoms in total. The van der Waals surface area contributed by atoms with Gasteiger partial charge in [0.15, 0.2) is 0 Å². The lowest BCUT2D eigenvalue weighted by molar-refractivity contribution is 0.0231. The second kappa shape index (κ2) is 6.03. The average Bonchev–Trinajstić information content (AvgIpc) is 2.77. The van der Waals surface area contributed by atoms with Crippen LogP contribution in [0.1, 0.15) is 31.9 Å². The fourth-order valence-corrected chi connectivity index (χ4v) is 1.42. The standard InChI is InChI=1S/C12H21NO3/c1-10(11-4-6-16-8-11)13-9-12(2,14)5-7-15-3/h4,6,8,10,13-14H,5,7,9H2,1-3H3. The first-order valence-electron chi connectivity index (χ1n) is 5.52. The van der Waals surface area contributed by atoms with Gasteiger partial charge in [-0.25, -0.2) is 0 Å². The molecule has 0 fully saturated rings. The Bertz CT molecular complexity index is 282. The predicted octanol–water partition coefficient (Wildman–Crippen LogP) is 1.72. The third-order valence-electron chi connectivity index (χ3n) is 2.68. The molecule has 2 atom stereocenters. The first kappa shape index (κ1) is 13.2. The summed E-state index contributed by atoms with van der Waals surface area (Å²) in [7, 11) is 1.64. The quantitative estimate of drug-likeness (QED) is 0.744. The Morgan fingerprint density at radius 1 is 1.62 bits per heavy atom. The smallest absolute Gasteiger partial charge is 0.0950 e. The third kappa shape index (κ3) is 4.35. The topological polar surface area (TPSA) is 54.6 Å². The lowest BCUT2D eigenvalue weighted by Crippen LogP contribution is -2.39. The summed E-state index contributed by atoms with van der Waals surface area (Å²) in [5.74, 6) is 0. The number of rotatable bonds is 7. The summed E-state index contributed by atoms with van der Waals surface area (Å²) >= 11 is 0. The monoisotopic (exact) mass is 227 g/mol. The van der Waals surface area contributed by atoms with Crippen molar-refractivity contribution in [3.63, 3.8) is 0 Å². The Morgan fingerprint density at radius 3 is 2.94 bits per heavy atom. The van der Waals surface area contributed by atoms with Crippen LogP contribution in [0.15, 0.2) is 23.0 Å². The van der Waals surface area contributed by atoms with E-state index in [9.17, 15) is 5.11 Å². The molecule has 0 spiro atoms. The summed E-state index contributed by atoms with van der Waals surface area (Å²) in [4.78, 5) is 0. The second-order valence-corrected chi connectivity index (χ2v) is 4.40. The zero-order valence-corrected chi connectivity index (χ0v) is 10.2. The van der Waals surface area contributed by atoms with E-state index in [0.29, 0.717) is 19.6 Å². The molecule has 1 aromatic heterocycles. The highest BCUT2D eigenvalue weighted by Gasteiger charge is 2.20. The van der Waals surface area contributed by atoms with Gasteiger partial charge in [0.1, 0.15) is 0 Å². The number of aliphatic hydroxyl groups is 1. The van der Waals surface area contributed by atoms with Crippen molar-refractivity contribution < 1.29 is 14.3 Å². The van der Waals surface area contributed by atoms with Crippen LogP contribution in [0, 0.1) is 0 Å². The minimum absolute atomic E-state index is 0.174. The van der Waals surface area contributed by atoms with Gasteiger partial charge in [-0.15, -0.1) is 0 Å². The van der Waals surface area contributed by atoms with Crippen molar-refractivity contribution >= 4 is 0 Å². The fourth-order valence-electron chi connectivity index (χ4n) is 1.42. The Balaban J connectivity index is 2.33. The molecule has 0 aliphatic rings. The molecule has 0 saturated carbocycles. The van der Waals surface area contributed by atoms with Gasteiger partial charge >= 0.3 is 0 Å². The van der Waals surface area contributed by atoms with E-state index in [1.807, 2.05) is 13.0 Å². The lowest BCUT2D eigenvalue weighted by Gasteiger charge is -2.25. The molecule has 1 aromatic rings. The van der Waals surface area contributed by atoms with Crippen molar-refractivity contribution in [2.45, 2.75) is 31.9 Å². The molecule has 4 heteroatoms. The highest BCUT2D eigenvalue weighted by atomic mass is 16.5. The summed E-state index contributed by atoms with van der Waals surface area (Å²) in [6.07, 6.45) is 3.98. The molecule has 2 N–H and O–H groups in total. The molecule has 16 heavy (non-hydrogen) atoms. The van der Waals surface area contributed by atoms with E-state index in [4.69, 9.17) is 9.15 Å². The maximum atomic E-state index is 10.0. The van der Waals surface area contributed by atoms with Gasteiger partial charge in [0, 0.05) is 38.3 Å². The molecule has 0 bridgehead atoms. The van der Waals surface area contributed by atoms with Crippen LogP contribution in [-0.4, -0.2) is 31.0 Å². The van der Waals surface area contributed by atoms with Crippen molar-refractivity contribution in [2.24, 2.45) is 0 Å². The minimum atomic E-state index is -0.742. The van der Waals surface area contributed by atoms with E-state index < -0.39 is 5.60 Å². The van der Waals surface area contributed by atoms with Crippen LogP contribution in [0.4, 0.5) is 0 Å². The van der Waals surface area contributed by atoms with Gasteiger partial charge in [-0.1, -0.05) is 0 Å². The van der Waals surface area contributed by atoms with Gasteiger partial charge in [0.25, 0.3) is 0 Å². The Kier molecular flexibility index (Phi) is 4.99. The number of methoxy groups -OCH3 is 1. The van der Waals surface area contributed by atoms with E-state index in [1.165, 1.54) is 0 Å². The van der Waals surface area contributed by atoms with Gasteiger partial charge in [-0.2, -0.15) is 0 Å². The second-order valence-electron chi connectivity index (χ2n) is 4.40. The van der Waals surface area contributed by atoms with Crippen molar-refractivity contribution in [1.82, 2.24) is 5.32 Å². The third-order valence-corrected chi connectivity index (χ3v) is 2.68. The molecule has 0 aliphatic heterocycles. The highest BCUT2D eigenvalue weighted by Crippen LogP contribution is 2.14. The van der Waals surface area contributed by atoms with Crippen LogP contribution in [-0.2, 0) is 4.74 Å². The molecule has 92 valence electrons. The van der Waals surface area contributed by atoms with E-state index in [0.717, 1.165) is 5.56 Å². The number of hydrogen-bond donors (Lipinski definition) is 2. The predicted molar refractivity (Wildman–Crippen MR) is 62.2 cm³/mol. The Morgan fingerprint density at radius 2 is 2.38 bits per heavy atom.